The summed E-state index contributed by atoms with van der Waals surface area (Å²) in [4.78, 5) is 16.2. The van der Waals surface area contributed by atoms with Gasteiger partial charge in [-0.1, -0.05) is 6.07 Å². The summed E-state index contributed by atoms with van der Waals surface area (Å²) in [5, 5.41) is 0. The zero-order valence-corrected chi connectivity index (χ0v) is 10.2. The second kappa shape index (κ2) is 3.81. The van der Waals surface area contributed by atoms with Gasteiger partial charge >= 0.3 is 5.97 Å². The number of esters is 1. The highest BCUT2D eigenvalue weighted by Crippen LogP contribution is 2.46. The van der Waals surface area contributed by atoms with Gasteiger partial charge in [0.1, 0.15) is 5.82 Å². The van der Waals surface area contributed by atoms with E-state index >= 15 is 0 Å². The van der Waals surface area contributed by atoms with Gasteiger partial charge in [-0.15, -0.1) is 0 Å². The highest BCUT2D eigenvalue weighted by Gasteiger charge is 2.47. The van der Waals surface area contributed by atoms with Crippen molar-refractivity contribution in [3.8, 4) is 0 Å². The third kappa shape index (κ3) is 1.44. The predicted molar refractivity (Wildman–Crippen MR) is 66.5 cm³/mol. The molecule has 5 heteroatoms. The van der Waals surface area contributed by atoms with E-state index in [0.29, 0.717) is 12.2 Å². The first kappa shape index (κ1) is 11.2. The number of hydrogen-bond donors (Lipinski definition) is 1. The summed E-state index contributed by atoms with van der Waals surface area (Å²) in [6, 6.07) is 5.68. The van der Waals surface area contributed by atoms with Crippen LogP contribution in [-0.4, -0.2) is 29.0 Å². The predicted octanol–water partition coefficient (Wildman–Crippen LogP) is 1.11. The van der Waals surface area contributed by atoms with Crippen molar-refractivity contribution in [3.05, 3.63) is 35.9 Å². The van der Waals surface area contributed by atoms with Gasteiger partial charge in [0.15, 0.2) is 5.69 Å². The summed E-state index contributed by atoms with van der Waals surface area (Å²) in [7, 11) is 1.37. The van der Waals surface area contributed by atoms with Crippen LogP contribution in [0.1, 0.15) is 29.2 Å². The lowest BCUT2D eigenvalue weighted by Crippen LogP contribution is -2.22. The van der Waals surface area contributed by atoms with Gasteiger partial charge in [-0.25, -0.2) is 9.78 Å². The van der Waals surface area contributed by atoms with E-state index < -0.39 is 5.97 Å². The van der Waals surface area contributed by atoms with Crippen molar-refractivity contribution < 1.29 is 9.53 Å². The van der Waals surface area contributed by atoms with Crippen molar-refractivity contribution in [3.63, 3.8) is 0 Å². The maximum absolute atomic E-state index is 11.7. The number of methoxy groups -OCH3 is 1. The number of imidazole rings is 1. The van der Waals surface area contributed by atoms with Gasteiger partial charge in [-0.05, 0) is 25.0 Å². The van der Waals surface area contributed by atoms with E-state index in [1.807, 2.05) is 28.8 Å². The SMILES string of the molecule is COC(=O)c1nc(C2(CN)CC2)n2ccccc12. The summed E-state index contributed by atoms with van der Waals surface area (Å²) in [5.41, 5.74) is 6.93. The summed E-state index contributed by atoms with van der Waals surface area (Å²) in [5.74, 6) is 0.471. The summed E-state index contributed by atoms with van der Waals surface area (Å²) in [6.45, 7) is 0.557. The van der Waals surface area contributed by atoms with E-state index in [9.17, 15) is 4.79 Å². The Morgan fingerprint density at radius 2 is 2.33 bits per heavy atom. The molecule has 0 atom stereocenters. The minimum Gasteiger partial charge on any atom is -0.464 e. The molecular weight excluding hydrogens is 230 g/mol. The largest absolute Gasteiger partial charge is 0.464 e. The van der Waals surface area contributed by atoms with Crippen LogP contribution < -0.4 is 5.73 Å². The fourth-order valence-corrected chi connectivity index (χ4v) is 2.33. The zero-order valence-electron chi connectivity index (χ0n) is 10.2. The third-order valence-corrected chi connectivity index (χ3v) is 3.65. The smallest absolute Gasteiger partial charge is 0.358 e. The summed E-state index contributed by atoms with van der Waals surface area (Å²) < 4.78 is 6.73. The number of nitrogens with two attached hydrogens (primary N) is 1. The van der Waals surface area contributed by atoms with E-state index in [0.717, 1.165) is 24.2 Å². The van der Waals surface area contributed by atoms with Crippen LogP contribution in [0.2, 0.25) is 0 Å². The molecule has 5 nitrogen and oxygen atoms in total. The van der Waals surface area contributed by atoms with Crippen LogP contribution in [0.15, 0.2) is 24.4 Å². The second-order valence-corrected chi connectivity index (χ2v) is 4.72. The average molecular weight is 245 g/mol. The molecular formula is C13H15N3O2. The normalized spacial score (nSPS) is 16.8. The number of fused-ring (bicyclic) bond motifs is 1. The first-order chi connectivity index (χ1) is 8.72. The van der Waals surface area contributed by atoms with E-state index in [1.54, 1.807) is 0 Å². The van der Waals surface area contributed by atoms with Crippen LogP contribution in [0.4, 0.5) is 0 Å². The maximum atomic E-state index is 11.7. The molecule has 2 aromatic heterocycles. The van der Waals surface area contributed by atoms with E-state index in [4.69, 9.17) is 10.5 Å². The topological polar surface area (TPSA) is 69.6 Å². The Morgan fingerprint density at radius 1 is 1.56 bits per heavy atom. The molecule has 0 saturated heterocycles. The minimum absolute atomic E-state index is 0.0590. The Morgan fingerprint density at radius 3 is 2.94 bits per heavy atom. The van der Waals surface area contributed by atoms with Crippen LogP contribution in [0.5, 0.6) is 0 Å². The van der Waals surface area contributed by atoms with Gasteiger partial charge < -0.3 is 14.9 Å². The van der Waals surface area contributed by atoms with Gasteiger partial charge in [-0.3, -0.25) is 0 Å². The molecule has 0 unspecified atom stereocenters. The Kier molecular flexibility index (Phi) is 2.38. The van der Waals surface area contributed by atoms with Crippen molar-refractivity contribution in [1.82, 2.24) is 9.38 Å². The van der Waals surface area contributed by atoms with Gasteiger partial charge in [0.05, 0.1) is 12.6 Å². The fraction of sp³-hybridized carbons (Fsp3) is 0.385. The second-order valence-electron chi connectivity index (χ2n) is 4.72. The minimum atomic E-state index is -0.405. The van der Waals surface area contributed by atoms with Gasteiger partial charge in [0, 0.05) is 18.2 Å². The Labute approximate surface area is 105 Å². The molecule has 1 saturated carbocycles. The number of hydrogen-bond acceptors (Lipinski definition) is 4. The number of carbonyl (C=O) groups excluding carboxylic acids is 1. The molecule has 0 radical (unpaired) electrons. The molecule has 1 aliphatic carbocycles. The Balaban J connectivity index is 2.24. The Hall–Kier alpha value is -1.88. The molecule has 94 valence electrons. The summed E-state index contributed by atoms with van der Waals surface area (Å²) >= 11 is 0. The highest BCUT2D eigenvalue weighted by molar-refractivity contribution is 5.95. The number of pyridine rings is 1. The maximum Gasteiger partial charge on any atom is 0.358 e. The third-order valence-electron chi connectivity index (χ3n) is 3.65. The van der Waals surface area contributed by atoms with Gasteiger partial charge in [-0.2, -0.15) is 0 Å². The molecule has 3 rings (SSSR count). The lowest BCUT2D eigenvalue weighted by Gasteiger charge is -2.10. The quantitative estimate of drug-likeness (QED) is 0.822. The van der Waals surface area contributed by atoms with Crippen LogP contribution >= 0.6 is 0 Å². The molecule has 0 spiro atoms. The number of nitrogens with zero attached hydrogens (tertiary/aromatic N) is 2. The lowest BCUT2D eigenvalue weighted by atomic mass is 10.1. The number of rotatable bonds is 3. The van der Waals surface area contributed by atoms with Gasteiger partial charge in [0.25, 0.3) is 0 Å². The first-order valence-corrected chi connectivity index (χ1v) is 5.98. The van der Waals surface area contributed by atoms with E-state index in [-0.39, 0.29) is 5.41 Å². The van der Waals surface area contributed by atoms with Crippen molar-refractivity contribution >= 4 is 11.5 Å². The van der Waals surface area contributed by atoms with Crippen molar-refractivity contribution in [2.75, 3.05) is 13.7 Å². The molecule has 0 amide bonds. The monoisotopic (exact) mass is 245 g/mol. The van der Waals surface area contributed by atoms with Gasteiger partial charge in [0.2, 0.25) is 0 Å². The fourth-order valence-electron chi connectivity index (χ4n) is 2.33. The lowest BCUT2D eigenvalue weighted by molar-refractivity contribution is 0.0596. The Bertz CT molecular complexity index is 614. The number of carbonyl (C=O) groups is 1. The molecule has 0 aromatic carbocycles. The van der Waals surface area contributed by atoms with Crippen LogP contribution in [-0.2, 0) is 10.2 Å². The molecule has 0 bridgehead atoms. The molecule has 2 aromatic rings. The summed E-state index contributed by atoms with van der Waals surface area (Å²) in [6.07, 6.45) is 3.97. The zero-order chi connectivity index (χ0) is 12.8. The van der Waals surface area contributed by atoms with Crippen molar-refractivity contribution in [2.45, 2.75) is 18.3 Å². The number of aromatic nitrogens is 2. The molecule has 1 fully saturated rings. The molecule has 2 heterocycles. The molecule has 1 aliphatic rings. The van der Waals surface area contributed by atoms with Crippen LogP contribution in [0.3, 0.4) is 0 Å². The molecule has 18 heavy (non-hydrogen) atoms. The standard InChI is InChI=1S/C13H15N3O2/c1-18-11(17)10-9-4-2-3-7-16(9)12(15-10)13(8-14)5-6-13/h2-4,7H,5-6,8,14H2,1H3. The molecule has 0 aliphatic heterocycles. The van der Waals surface area contributed by atoms with E-state index in [2.05, 4.69) is 4.98 Å². The number of ether oxygens (including phenoxy) is 1. The van der Waals surface area contributed by atoms with Crippen LogP contribution in [0, 0.1) is 0 Å². The van der Waals surface area contributed by atoms with Crippen LogP contribution in [0.25, 0.3) is 5.52 Å². The molecule has 2 N–H and O–H groups in total. The van der Waals surface area contributed by atoms with Crippen molar-refractivity contribution in [2.24, 2.45) is 5.73 Å². The first-order valence-electron chi connectivity index (χ1n) is 5.98. The highest BCUT2D eigenvalue weighted by atomic mass is 16.5. The average Bonchev–Trinajstić information content (AvgIpc) is 3.12. The van der Waals surface area contributed by atoms with Crippen molar-refractivity contribution in [1.29, 1.82) is 0 Å². The van der Waals surface area contributed by atoms with E-state index in [1.165, 1.54) is 7.11 Å².